The minimum atomic E-state index is 0.0391. The molecule has 0 spiro atoms. The van der Waals surface area contributed by atoms with Gasteiger partial charge in [0.05, 0.1) is 37.6 Å². The number of rotatable bonds is 3. The smallest absolute Gasteiger partial charge is 0.256 e. The highest BCUT2D eigenvalue weighted by Crippen LogP contribution is 2.53. The van der Waals surface area contributed by atoms with Gasteiger partial charge in [-0.15, -0.1) is 0 Å². The topological polar surface area (TPSA) is 50.8 Å². The molecule has 2 aliphatic heterocycles. The summed E-state index contributed by atoms with van der Waals surface area (Å²) in [7, 11) is 1.74. The van der Waals surface area contributed by atoms with Crippen molar-refractivity contribution in [2.75, 3.05) is 38.7 Å². The zero-order valence-electron chi connectivity index (χ0n) is 18.8. The summed E-state index contributed by atoms with van der Waals surface area (Å²) in [4.78, 5) is 15.4. The third-order valence-corrected chi connectivity index (χ3v) is 7.39. The number of allylic oxidation sites excluding steroid dienone is 2. The van der Waals surface area contributed by atoms with Crippen LogP contribution in [0.25, 0.3) is 10.8 Å². The fourth-order valence-corrected chi connectivity index (χ4v) is 5.80. The van der Waals surface area contributed by atoms with E-state index in [-0.39, 0.29) is 17.9 Å². The van der Waals surface area contributed by atoms with E-state index in [2.05, 4.69) is 59.9 Å². The number of carbonyl (C=O) groups excluding carboxylic acids is 1. The first-order chi connectivity index (χ1) is 16.3. The third-order valence-electron chi connectivity index (χ3n) is 7.39. The monoisotopic (exact) mass is 440 g/mol. The van der Waals surface area contributed by atoms with Crippen LogP contribution in [0.5, 0.6) is 5.75 Å². The number of carbonyl (C=O) groups is 1. The first-order valence-electron chi connectivity index (χ1n) is 11.7. The molecule has 3 aromatic rings. The minimum absolute atomic E-state index is 0.0391. The lowest BCUT2D eigenvalue weighted by Gasteiger charge is -2.39. The number of ether oxygens (including phenoxy) is 2. The maximum atomic E-state index is 13.5. The number of benzene rings is 3. The molecular formula is C28H28N2O3. The lowest BCUT2D eigenvalue weighted by Crippen LogP contribution is -2.41. The molecule has 1 fully saturated rings. The number of para-hydroxylation sites is 1. The van der Waals surface area contributed by atoms with Gasteiger partial charge < -0.3 is 19.7 Å². The van der Waals surface area contributed by atoms with Crippen LogP contribution >= 0.6 is 0 Å². The number of amides is 1. The van der Waals surface area contributed by atoms with Crippen molar-refractivity contribution in [3.63, 3.8) is 0 Å². The molecule has 0 radical (unpaired) electrons. The van der Waals surface area contributed by atoms with Crippen molar-refractivity contribution >= 4 is 22.4 Å². The zero-order valence-corrected chi connectivity index (χ0v) is 18.8. The van der Waals surface area contributed by atoms with Crippen LogP contribution in [0.3, 0.4) is 0 Å². The Hall–Kier alpha value is -3.31. The van der Waals surface area contributed by atoms with E-state index in [0.29, 0.717) is 32.2 Å². The molecular weight excluding hydrogens is 412 g/mol. The van der Waals surface area contributed by atoms with Gasteiger partial charge in [0.25, 0.3) is 5.91 Å². The predicted octanol–water partition coefficient (Wildman–Crippen LogP) is 5.15. The number of hydrogen-bond donors (Lipinski definition) is 1. The molecule has 3 atom stereocenters. The molecule has 1 amide bonds. The van der Waals surface area contributed by atoms with Gasteiger partial charge in [-0.25, -0.2) is 0 Å². The van der Waals surface area contributed by atoms with Crippen LogP contribution in [0, 0.1) is 5.92 Å². The van der Waals surface area contributed by atoms with Crippen molar-refractivity contribution in [1.29, 1.82) is 0 Å². The van der Waals surface area contributed by atoms with E-state index in [1.54, 1.807) is 7.11 Å². The summed E-state index contributed by atoms with van der Waals surface area (Å²) < 4.78 is 11.3. The second kappa shape index (κ2) is 8.23. The lowest BCUT2D eigenvalue weighted by molar-refractivity contribution is 0.0303. The quantitative estimate of drug-likeness (QED) is 0.573. The van der Waals surface area contributed by atoms with Crippen molar-refractivity contribution < 1.29 is 14.3 Å². The summed E-state index contributed by atoms with van der Waals surface area (Å²) in [6.45, 7) is 2.46. The van der Waals surface area contributed by atoms with Gasteiger partial charge in [0.1, 0.15) is 5.75 Å². The van der Waals surface area contributed by atoms with Gasteiger partial charge in [0, 0.05) is 24.6 Å². The van der Waals surface area contributed by atoms with Crippen LogP contribution in [-0.2, 0) is 4.74 Å². The highest BCUT2D eigenvalue weighted by molar-refractivity contribution is 6.01. The Kier molecular flexibility index (Phi) is 5.07. The maximum Gasteiger partial charge on any atom is 0.256 e. The first kappa shape index (κ1) is 20.3. The third kappa shape index (κ3) is 3.30. The van der Waals surface area contributed by atoms with Crippen molar-refractivity contribution in [3.8, 4) is 5.75 Å². The summed E-state index contributed by atoms with van der Waals surface area (Å²) in [6.07, 6.45) is 5.60. The largest absolute Gasteiger partial charge is 0.496 e. The summed E-state index contributed by atoms with van der Waals surface area (Å²) in [5, 5.41) is 6.23. The molecule has 168 valence electrons. The van der Waals surface area contributed by atoms with E-state index in [4.69, 9.17) is 9.47 Å². The van der Waals surface area contributed by atoms with Crippen molar-refractivity contribution in [2.45, 2.75) is 18.4 Å². The molecule has 3 aliphatic rings. The van der Waals surface area contributed by atoms with E-state index in [1.807, 2.05) is 17.0 Å². The normalized spacial score (nSPS) is 23.7. The van der Waals surface area contributed by atoms with Gasteiger partial charge >= 0.3 is 0 Å². The van der Waals surface area contributed by atoms with Crippen molar-refractivity contribution in [3.05, 3.63) is 83.4 Å². The fourth-order valence-electron chi connectivity index (χ4n) is 5.80. The molecule has 5 heteroatoms. The molecule has 1 saturated heterocycles. The molecule has 3 aromatic carbocycles. The Balaban J connectivity index is 1.49. The molecule has 1 aliphatic carbocycles. The maximum absolute atomic E-state index is 13.5. The second-order valence-corrected chi connectivity index (χ2v) is 9.05. The first-order valence-corrected chi connectivity index (χ1v) is 11.7. The Labute approximate surface area is 194 Å². The van der Waals surface area contributed by atoms with E-state index in [9.17, 15) is 4.79 Å². The summed E-state index contributed by atoms with van der Waals surface area (Å²) in [5.74, 6) is 1.60. The Morgan fingerprint density at radius 2 is 1.91 bits per heavy atom. The van der Waals surface area contributed by atoms with Gasteiger partial charge in [-0.3, -0.25) is 4.79 Å². The van der Waals surface area contributed by atoms with Gasteiger partial charge in [0.15, 0.2) is 0 Å². The molecule has 6 rings (SSSR count). The average Bonchev–Trinajstić information content (AvgIpc) is 3.38. The van der Waals surface area contributed by atoms with Crippen LogP contribution in [0.15, 0.2) is 66.7 Å². The minimum Gasteiger partial charge on any atom is -0.496 e. The summed E-state index contributed by atoms with van der Waals surface area (Å²) in [6, 6.07) is 18.8. The van der Waals surface area contributed by atoms with E-state index >= 15 is 0 Å². The molecule has 1 N–H and O–H groups in total. The average molecular weight is 441 g/mol. The van der Waals surface area contributed by atoms with Gasteiger partial charge in [-0.05, 0) is 40.8 Å². The number of anilines is 1. The van der Waals surface area contributed by atoms with E-state index in [1.165, 1.54) is 21.9 Å². The van der Waals surface area contributed by atoms with Crippen LogP contribution in [0.2, 0.25) is 0 Å². The second-order valence-electron chi connectivity index (χ2n) is 9.05. The number of methoxy groups -OCH3 is 1. The number of nitrogens with one attached hydrogen (secondary N) is 1. The van der Waals surface area contributed by atoms with Crippen LogP contribution in [0.4, 0.5) is 5.69 Å². The Morgan fingerprint density at radius 1 is 1.06 bits per heavy atom. The lowest BCUT2D eigenvalue weighted by atomic mass is 9.75. The van der Waals surface area contributed by atoms with E-state index < -0.39 is 0 Å². The Bertz CT molecular complexity index is 1250. The SMILES string of the molecule is COc1ccc2ccccc2c1C1Nc2c(C(=O)N3CCOCC3)cccc2C2C=CCC21. The molecule has 0 aromatic heterocycles. The van der Waals surface area contributed by atoms with E-state index in [0.717, 1.165) is 23.4 Å². The molecule has 0 saturated carbocycles. The number of fused-ring (bicyclic) bond motifs is 4. The van der Waals surface area contributed by atoms with Crippen molar-refractivity contribution in [2.24, 2.45) is 5.92 Å². The van der Waals surface area contributed by atoms with Gasteiger partial charge in [0.2, 0.25) is 0 Å². The fraction of sp³-hybridized carbons (Fsp3) is 0.321. The summed E-state index contributed by atoms with van der Waals surface area (Å²) in [5.41, 5.74) is 4.09. The zero-order chi connectivity index (χ0) is 22.4. The predicted molar refractivity (Wildman–Crippen MR) is 130 cm³/mol. The highest BCUT2D eigenvalue weighted by atomic mass is 16.5. The number of morpholine rings is 1. The van der Waals surface area contributed by atoms with Crippen LogP contribution in [0.1, 0.15) is 39.9 Å². The van der Waals surface area contributed by atoms with Crippen molar-refractivity contribution in [1.82, 2.24) is 4.90 Å². The number of hydrogen-bond acceptors (Lipinski definition) is 4. The van der Waals surface area contributed by atoms with Crippen LogP contribution in [-0.4, -0.2) is 44.2 Å². The molecule has 0 bridgehead atoms. The molecule has 3 unspecified atom stereocenters. The highest BCUT2D eigenvalue weighted by Gasteiger charge is 2.41. The standard InChI is InChI=1S/C28H28N2O3/c1-32-24-13-12-18-6-2-3-7-19(18)25(24)27-22-10-4-8-20(22)21-9-5-11-23(26(21)29-27)28(31)30-14-16-33-17-15-30/h2-9,11-13,20,22,27,29H,10,14-17H2,1H3. The van der Waals surface area contributed by atoms with Gasteiger partial charge in [-0.2, -0.15) is 0 Å². The summed E-state index contributed by atoms with van der Waals surface area (Å²) >= 11 is 0. The molecule has 33 heavy (non-hydrogen) atoms. The van der Waals surface area contributed by atoms with Gasteiger partial charge in [-0.1, -0.05) is 54.6 Å². The number of nitrogens with zero attached hydrogens (tertiary/aromatic N) is 1. The molecule has 2 heterocycles. The Morgan fingerprint density at radius 3 is 2.76 bits per heavy atom. The molecule has 5 nitrogen and oxygen atoms in total. The van der Waals surface area contributed by atoms with Crippen LogP contribution < -0.4 is 10.1 Å².